The Hall–Kier alpha value is -2.04. The molecule has 1 heterocycles. The molecule has 0 aliphatic carbocycles. The summed E-state index contributed by atoms with van der Waals surface area (Å²) in [6.07, 6.45) is 0. The second-order valence-corrected chi connectivity index (χ2v) is 5.86. The molecule has 0 radical (unpaired) electrons. The minimum absolute atomic E-state index is 0.0809. The highest BCUT2D eigenvalue weighted by Gasteiger charge is 2.16. The lowest BCUT2D eigenvalue weighted by Crippen LogP contribution is -2.23. The van der Waals surface area contributed by atoms with Gasteiger partial charge in [-0.3, -0.25) is 4.79 Å². The Labute approximate surface area is 137 Å². The van der Waals surface area contributed by atoms with Crippen LogP contribution in [0, 0.1) is 0 Å². The van der Waals surface area contributed by atoms with Gasteiger partial charge >= 0.3 is 0 Å². The summed E-state index contributed by atoms with van der Waals surface area (Å²) in [7, 11) is 1.71. The van der Waals surface area contributed by atoms with E-state index in [1.54, 1.807) is 30.1 Å². The van der Waals surface area contributed by atoms with Gasteiger partial charge in [0.1, 0.15) is 5.82 Å². The number of fused-ring (bicyclic) bond motifs is 1. The summed E-state index contributed by atoms with van der Waals surface area (Å²) in [5, 5.41) is 1.20. The molecule has 112 valence electrons. The summed E-state index contributed by atoms with van der Waals surface area (Å²) >= 11 is 12.1. The number of nitrogens with one attached hydrogen (secondary N) is 1. The first kappa shape index (κ1) is 14.9. The van der Waals surface area contributed by atoms with Gasteiger partial charge in [-0.1, -0.05) is 23.2 Å². The third-order valence-electron chi connectivity index (χ3n) is 3.49. The number of H-pyrrole nitrogens is 1. The summed E-state index contributed by atoms with van der Waals surface area (Å²) in [5.74, 6) is 0.583. The van der Waals surface area contributed by atoms with Gasteiger partial charge in [0.15, 0.2) is 0 Å². The Bertz CT molecular complexity index is 873. The van der Waals surface area contributed by atoms with Gasteiger partial charge in [-0.25, -0.2) is 4.98 Å². The summed E-state index contributed by atoms with van der Waals surface area (Å²) in [5.41, 5.74) is 3.15. The number of carbonyl (C=O) groups excluding carboxylic acids is 1. The van der Waals surface area contributed by atoms with Gasteiger partial charge in [0.05, 0.1) is 16.7 Å². The van der Waals surface area contributed by atoms with Gasteiger partial charge < -0.3 is 9.88 Å². The van der Waals surface area contributed by atoms with Crippen molar-refractivity contribution in [2.45, 2.75) is 6.92 Å². The SMILES string of the molecule is CC(=O)N(C)c1cc(Cl)ccc1-c1nc2ccc(Cl)cc2[nH]1. The number of aromatic amines is 1. The van der Waals surface area contributed by atoms with Crippen LogP contribution in [0.3, 0.4) is 0 Å². The van der Waals surface area contributed by atoms with E-state index in [1.165, 1.54) is 6.92 Å². The van der Waals surface area contributed by atoms with Crippen molar-refractivity contribution in [3.05, 3.63) is 46.4 Å². The van der Waals surface area contributed by atoms with Crippen molar-refractivity contribution in [1.82, 2.24) is 9.97 Å². The number of imidazole rings is 1. The van der Waals surface area contributed by atoms with E-state index in [4.69, 9.17) is 23.2 Å². The molecule has 0 spiro atoms. The molecule has 0 aliphatic rings. The predicted molar refractivity (Wildman–Crippen MR) is 90.6 cm³/mol. The molecule has 1 N–H and O–H groups in total. The highest BCUT2D eigenvalue weighted by Crippen LogP contribution is 2.32. The van der Waals surface area contributed by atoms with Crippen molar-refractivity contribution in [1.29, 1.82) is 0 Å². The van der Waals surface area contributed by atoms with Gasteiger partial charge in [-0.15, -0.1) is 0 Å². The maximum Gasteiger partial charge on any atom is 0.223 e. The number of hydrogen-bond acceptors (Lipinski definition) is 2. The number of carbonyl (C=O) groups is 1. The maximum absolute atomic E-state index is 11.7. The number of nitrogens with zero attached hydrogens (tertiary/aromatic N) is 2. The van der Waals surface area contributed by atoms with Gasteiger partial charge in [0.25, 0.3) is 0 Å². The van der Waals surface area contributed by atoms with Crippen LogP contribution < -0.4 is 4.90 Å². The Morgan fingerprint density at radius 3 is 2.55 bits per heavy atom. The second kappa shape index (κ2) is 5.63. The fourth-order valence-electron chi connectivity index (χ4n) is 2.26. The predicted octanol–water partition coefficient (Wildman–Crippen LogP) is 4.52. The van der Waals surface area contributed by atoms with Crippen molar-refractivity contribution in [2.24, 2.45) is 0 Å². The number of benzene rings is 2. The van der Waals surface area contributed by atoms with E-state index in [1.807, 2.05) is 18.2 Å². The molecule has 0 atom stereocenters. The normalized spacial score (nSPS) is 10.9. The molecule has 0 saturated carbocycles. The molecule has 0 fully saturated rings. The number of aromatic nitrogens is 2. The van der Waals surface area contributed by atoms with Gasteiger partial charge in [-0.2, -0.15) is 0 Å². The molecular weight excluding hydrogens is 321 g/mol. The fraction of sp³-hybridized carbons (Fsp3) is 0.125. The van der Waals surface area contributed by atoms with E-state index in [-0.39, 0.29) is 5.91 Å². The van der Waals surface area contributed by atoms with Crippen LogP contribution in [0.1, 0.15) is 6.92 Å². The quantitative estimate of drug-likeness (QED) is 0.749. The number of amides is 1. The van der Waals surface area contributed by atoms with Crippen LogP contribution in [0.2, 0.25) is 10.0 Å². The molecule has 1 aromatic heterocycles. The highest BCUT2D eigenvalue weighted by atomic mass is 35.5. The van der Waals surface area contributed by atoms with Crippen molar-refractivity contribution in [3.63, 3.8) is 0 Å². The highest BCUT2D eigenvalue weighted by molar-refractivity contribution is 6.31. The van der Waals surface area contributed by atoms with E-state index in [0.29, 0.717) is 21.6 Å². The zero-order chi connectivity index (χ0) is 15.9. The van der Waals surface area contributed by atoms with Crippen LogP contribution in [0.15, 0.2) is 36.4 Å². The van der Waals surface area contributed by atoms with Crippen LogP contribution in [0.25, 0.3) is 22.4 Å². The minimum Gasteiger partial charge on any atom is -0.338 e. The number of rotatable bonds is 2. The summed E-state index contributed by atoms with van der Waals surface area (Å²) in [6, 6.07) is 10.8. The van der Waals surface area contributed by atoms with E-state index < -0.39 is 0 Å². The summed E-state index contributed by atoms with van der Waals surface area (Å²) in [6.45, 7) is 1.50. The molecule has 3 rings (SSSR count). The van der Waals surface area contributed by atoms with Crippen molar-refractivity contribution < 1.29 is 4.79 Å². The number of hydrogen-bond donors (Lipinski definition) is 1. The molecule has 22 heavy (non-hydrogen) atoms. The first-order chi connectivity index (χ1) is 10.5. The summed E-state index contributed by atoms with van der Waals surface area (Å²) in [4.78, 5) is 21.0. The molecule has 3 aromatic rings. The smallest absolute Gasteiger partial charge is 0.223 e. The average molecular weight is 334 g/mol. The van der Waals surface area contributed by atoms with Crippen LogP contribution in [-0.2, 0) is 4.79 Å². The lowest BCUT2D eigenvalue weighted by atomic mass is 10.1. The Morgan fingerprint density at radius 1 is 1.14 bits per heavy atom. The van der Waals surface area contributed by atoms with Gasteiger partial charge in [0, 0.05) is 29.6 Å². The summed E-state index contributed by atoms with van der Waals surface area (Å²) < 4.78 is 0. The molecule has 0 bridgehead atoms. The third-order valence-corrected chi connectivity index (χ3v) is 3.96. The zero-order valence-electron chi connectivity index (χ0n) is 12.0. The molecule has 0 unspecified atom stereocenters. The van der Waals surface area contributed by atoms with Crippen LogP contribution in [0.4, 0.5) is 5.69 Å². The van der Waals surface area contributed by atoms with Gasteiger partial charge in [-0.05, 0) is 36.4 Å². The van der Waals surface area contributed by atoms with E-state index in [9.17, 15) is 4.79 Å². The minimum atomic E-state index is -0.0809. The molecule has 0 saturated heterocycles. The molecule has 1 amide bonds. The molecule has 6 heteroatoms. The van der Waals surface area contributed by atoms with Crippen molar-refractivity contribution >= 4 is 45.8 Å². The lowest BCUT2D eigenvalue weighted by Gasteiger charge is -2.18. The van der Waals surface area contributed by atoms with Crippen LogP contribution >= 0.6 is 23.2 Å². The van der Waals surface area contributed by atoms with Crippen LogP contribution in [-0.4, -0.2) is 22.9 Å². The molecule has 4 nitrogen and oxygen atoms in total. The Kier molecular flexibility index (Phi) is 3.81. The molecule has 2 aromatic carbocycles. The standard InChI is InChI=1S/C16H13Cl2N3O/c1-9(22)21(2)15-8-11(18)3-5-12(15)16-19-13-6-4-10(17)7-14(13)20-16/h3-8H,1-2H3,(H,19,20). The van der Waals surface area contributed by atoms with Gasteiger partial charge in [0.2, 0.25) is 5.91 Å². The van der Waals surface area contributed by atoms with E-state index in [2.05, 4.69) is 9.97 Å². The Balaban J connectivity index is 2.19. The largest absolute Gasteiger partial charge is 0.338 e. The molecular formula is C16H13Cl2N3O. The monoisotopic (exact) mass is 333 g/mol. The fourth-order valence-corrected chi connectivity index (χ4v) is 2.60. The second-order valence-electron chi connectivity index (χ2n) is 4.99. The molecule has 0 aliphatic heterocycles. The lowest BCUT2D eigenvalue weighted by molar-refractivity contribution is -0.116. The zero-order valence-corrected chi connectivity index (χ0v) is 13.5. The number of halogens is 2. The average Bonchev–Trinajstić information content (AvgIpc) is 2.88. The maximum atomic E-state index is 11.7. The topological polar surface area (TPSA) is 49.0 Å². The first-order valence-corrected chi connectivity index (χ1v) is 7.41. The van der Waals surface area contributed by atoms with E-state index >= 15 is 0 Å². The van der Waals surface area contributed by atoms with E-state index in [0.717, 1.165) is 16.6 Å². The first-order valence-electron chi connectivity index (χ1n) is 6.65. The number of anilines is 1. The van der Waals surface area contributed by atoms with Crippen molar-refractivity contribution in [2.75, 3.05) is 11.9 Å². The van der Waals surface area contributed by atoms with Crippen LogP contribution in [0.5, 0.6) is 0 Å². The Morgan fingerprint density at radius 2 is 1.82 bits per heavy atom. The van der Waals surface area contributed by atoms with Crippen molar-refractivity contribution in [3.8, 4) is 11.4 Å². The third kappa shape index (κ3) is 2.67.